The maximum Gasteiger partial charge on any atom is 0.254 e. The summed E-state index contributed by atoms with van der Waals surface area (Å²) in [6.45, 7) is 2.16. The first-order valence-electron chi connectivity index (χ1n) is 9.28. The van der Waals surface area contributed by atoms with Crippen molar-refractivity contribution >= 4 is 23.2 Å². The van der Waals surface area contributed by atoms with E-state index in [0.29, 0.717) is 22.1 Å². The fourth-order valence-corrected chi connectivity index (χ4v) is 2.94. The summed E-state index contributed by atoms with van der Waals surface area (Å²) < 4.78 is 0. The average molecular weight is 396 g/mol. The summed E-state index contributed by atoms with van der Waals surface area (Å²) >= 11 is 5.87. The first-order valence-corrected chi connectivity index (χ1v) is 9.66. The van der Waals surface area contributed by atoms with Gasteiger partial charge >= 0.3 is 0 Å². The number of aromatic nitrogens is 2. The Hall–Kier alpha value is -2.92. The molecule has 0 fully saturated rings. The highest BCUT2D eigenvalue weighted by molar-refractivity contribution is 6.30. The van der Waals surface area contributed by atoms with Crippen LogP contribution in [-0.4, -0.2) is 15.9 Å². The monoisotopic (exact) mass is 395 g/mol. The molecule has 3 aromatic rings. The predicted octanol–water partition coefficient (Wildman–Crippen LogP) is 4.61. The van der Waals surface area contributed by atoms with Gasteiger partial charge < -0.3 is 10.3 Å². The molecular formula is C22H22ClN3O2. The van der Waals surface area contributed by atoms with Crippen LogP contribution in [0.1, 0.15) is 30.9 Å². The van der Waals surface area contributed by atoms with Crippen molar-refractivity contribution in [3.8, 4) is 11.4 Å². The summed E-state index contributed by atoms with van der Waals surface area (Å²) in [5.41, 5.74) is 2.70. The van der Waals surface area contributed by atoms with Gasteiger partial charge in [-0.15, -0.1) is 0 Å². The van der Waals surface area contributed by atoms with Crippen molar-refractivity contribution in [2.75, 3.05) is 5.32 Å². The Labute approximate surface area is 168 Å². The van der Waals surface area contributed by atoms with Crippen LogP contribution in [0.5, 0.6) is 0 Å². The molecule has 0 aliphatic heterocycles. The number of unbranched alkanes of at least 4 members (excludes halogenated alkanes) is 1. The lowest BCUT2D eigenvalue weighted by Crippen LogP contribution is -2.22. The number of carbonyl (C=O) groups is 1. The van der Waals surface area contributed by atoms with Crippen LogP contribution >= 0.6 is 11.6 Å². The maximum atomic E-state index is 12.3. The molecule has 144 valence electrons. The van der Waals surface area contributed by atoms with E-state index in [1.807, 2.05) is 24.3 Å². The van der Waals surface area contributed by atoms with Crippen LogP contribution in [0.4, 0.5) is 5.69 Å². The number of hydrogen-bond donors (Lipinski definition) is 2. The van der Waals surface area contributed by atoms with Gasteiger partial charge in [-0.1, -0.05) is 37.1 Å². The van der Waals surface area contributed by atoms with Crippen LogP contribution in [-0.2, 0) is 17.6 Å². The van der Waals surface area contributed by atoms with Crippen LogP contribution in [0, 0.1) is 0 Å². The number of hydrogen-bond acceptors (Lipinski definition) is 3. The summed E-state index contributed by atoms with van der Waals surface area (Å²) in [5, 5.41) is 3.43. The zero-order valence-corrected chi connectivity index (χ0v) is 16.4. The molecule has 2 N–H and O–H groups in total. The molecular weight excluding hydrogens is 374 g/mol. The molecule has 0 bridgehead atoms. The molecule has 28 heavy (non-hydrogen) atoms. The molecule has 0 saturated heterocycles. The van der Waals surface area contributed by atoms with Crippen LogP contribution in [0.25, 0.3) is 11.4 Å². The van der Waals surface area contributed by atoms with Crippen molar-refractivity contribution in [3.63, 3.8) is 0 Å². The van der Waals surface area contributed by atoms with Gasteiger partial charge in [-0.25, -0.2) is 4.98 Å². The molecule has 0 aliphatic carbocycles. The van der Waals surface area contributed by atoms with Gasteiger partial charge in [0.25, 0.3) is 5.56 Å². The lowest BCUT2D eigenvalue weighted by molar-refractivity contribution is -0.115. The Morgan fingerprint density at radius 3 is 2.46 bits per heavy atom. The van der Waals surface area contributed by atoms with Crippen molar-refractivity contribution < 1.29 is 4.79 Å². The third-order valence-corrected chi connectivity index (χ3v) is 4.65. The summed E-state index contributed by atoms with van der Waals surface area (Å²) in [5.74, 6) is 0.182. The number of nitrogens with zero attached hydrogens (tertiary/aromatic N) is 1. The highest BCUT2D eigenvalue weighted by Gasteiger charge is 2.10. The minimum atomic E-state index is -0.329. The molecule has 5 nitrogen and oxygen atoms in total. The van der Waals surface area contributed by atoms with E-state index in [1.54, 1.807) is 24.3 Å². The van der Waals surface area contributed by atoms with Gasteiger partial charge in [-0.2, -0.15) is 0 Å². The number of H-pyrrole nitrogens is 1. The quantitative estimate of drug-likeness (QED) is 0.613. The van der Waals surface area contributed by atoms with E-state index in [2.05, 4.69) is 22.2 Å². The van der Waals surface area contributed by atoms with Crippen molar-refractivity contribution in [2.45, 2.75) is 32.6 Å². The molecule has 0 saturated carbocycles. The normalized spacial score (nSPS) is 10.6. The molecule has 3 rings (SSSR count). The minimum Gasteiger partial charge on any atom is -0.326 e. The first kappa shape index (κ1) is 19.8. The zero-order valence-electron chi connectivity index (χ0n) is 15.7. The molecule has 2 aromatic carbocycles. The molecule has 0 atom stereocenters. The second-order valence-electron chi connectivity index (χ2n) is 6.62. The summed E-state index contributed by atoms with van der Waals surface area (Å²) in [6, 6.07) is 14.8. The molecule has 1 aromatic heterocycles. The number of carbonyl (C=O) groups excluding carboxylic acids is 1. The summed E-state index contributed by atoms with van der Waals surface area (Å²) in [6.07, 6.45) is 4.73. The molecule has 0 aliphatic rings. The molecule has 6 heteroatoms. The first-order chi connectivity index (χ1) is 13.5. The largest absolute Gasteiger partial charge is 0.326 e. The van der Waals surface area contributed by atoms with Gasteiger partial charge in [0, 0.05) is 28.0 Å². The Morgan fingerprint density at radius 2 is 1.82 bits per heavy atom. The van der Waals surface area contributed by atoms with Crippen LogP contribution in [0.2, 0.25) is 5.02 Å². The maximum absolute atomic E-state index is 12.3. The molecule has 1 heterocycles. The van der Waals surface area contributed by atoms with Gasteiger partial charge in [0.1, 0.15) is 5.82 Å². The van der Waals surface area contributed by atoms with E-state index in [-0.39, 0.29) is 17.9 Å². The Kier molecular flexibility index (Phi) is 6.61. The number of amides is 1. The van der Waals surface area contributed by atoms with Gasteiger partial charge in [-0.05, 0) is 54.8 Å². The van der Waals surface area contributed by atoms with E-state index in [1.165, 1.54) is 11.8 Å². The van der Waals surface area contributed by atoms with E-state index in [0.717, 1.165) is 24.8 Å². The van der Waals surface area contributed by atoms with Gasteiger partial charge in [-0.3, -0.25) is 9.59 Å². The van der Waals surface area contributed by atoms with Gasteiger partial charge in [0.15, 0.2) is 0 Å². The lowest BCUT2D eigenvalue weighted by Gasteiger charge is -2.07. The molecule has 0 unspecified atom stereocenters. The van der Waals surface area contributed by atoms with Crippen LogP contribution in [0.15, 0.2) is 59.5 Å². The van der Waals surface area contributed by atoms with E-state index in [4.69, 9.17) is 11.6 Å². The molecule has 0 spiro atoms. The Bertz CT molecular complexity index is 996. The smallest absolute Gasteiger partial charge is 0.254 e. The number of halogens is 1. The lowest BCUT2D eigenvalue weighted by atomic mass is 10.1. The minimum absolute atomic E-state index is 0.0409. The third kappa shape index (κ3) is 5.30. The summed E-state index contributed by atoms with van der Waals surface area (Å²) in [4.78, 5) is 31.6. The Balaban J connectivity index is 1.64. The zero-order chi connectivity index (χ0) is 19.9. The standard InChI is InChI=1S/C22H22ClN3O2/c1-2-3-4-15-5-11-19(12-6-15)25-20(27)13-17-14-24-21(26-22(17)28)16-7-9-18(23)10-8-16/h5-12,14H,2-4,13H2,1H3,(H,25,27)(H,24,26,28). The fourth-order valence-electron chi connectivity index (χ4n) is 2.82. The number of nitrogens with one attached hydrogen (secondary N) is 2. The second-order valence-corrected chi connectivity index (χ2v) is 7.05. The predicted molar refractivity (Wildman–Crippen MR) is 113 cm³/mol. The SMILES string of the molecule is CCCCc1ccc(NC(=O)Cc2cnc(-c3ccc(Cl)cc3)[nH]c2=O)cc1. The van der Waals surface area contributed by atoms with Crippen molar-refractivity contribution in [3.05, 3.63) is 81.2 Å². The van der Waals surface area contributed by atoms with E-state index >= 15 is 0 Å². The highest BCUT2D eigenvalue weighted by atomic mass is 35.5. The highest BCUT2D eigenvalue weighted by Crippen LogP contribution is 2.17. The third-order valence-electron chi connectivity index (χ3n) is 4.40. The van der Waals surface area contributed by atoms with E-state index in [9.17, 15) is 9.59 Å². The topological polar surface area (TPSA) is 74.8 Å². The van der Waals surface area contributed by atoms with Gasteiger partial charge in [0.2, 0.25) is 5.91 Å². The number of anilines is 1. The number of benzene rings is 2. The number of aryl methyl sites for hydroxylation is 1. The van der Waals surface area contributed by atoms with Gasteiger partial charge in [0.05, 0.1) is 6.42 Å². The van der Waals surface area contributed by atoms with Crippen LogP contribution in [0.3, 0.4) is 0 Å². The van der Waals surface area contributed by atoms with E-state index < -0.39 is 0 Å². The summed E-state index contributed by atoms with van der Waals surface area (Å²) in [7, 11) is 0. The second kappa shape index (κ2) is 9.33. The van der Waals surface area contributed by atoms with Crippen molar-refractivity contribution in [2.24, 2.45) is 0 Å². The molecule has 1 amide bonds. The Morgan fingerprint density at radius 1 is 1.11 bits per heavy atom. The van der Waals surface area contributed by atoms with Crippen molar-refractivity contribution in [1.82, 2.24) is 9.97 Å². The number of aromatic amines is 1. The number of rotatable bonds is 7. The fraction of sp³-hybridized carbons (Fsp3) is 0.227. The van der Waals surface area contributed by atoms with Crippen molar-refractivity contribution in [1.29, 1.82) is 0 Å². The average Bonchev–Trinajstić information content (AvgIpc) is 2.69. The molecule has 0 radical (unpaired) electrons. The van der Waals surface area contributed by atoms with Crippen LogP contribution < -0.4 is 10.9 Å².